The summed E-state index contributed by atoms with van der Waals surface area (Å²) in [5, 5.41) is 0. The highest BCUT2D eigenvalue weighted by molar-refractivity contribution is 5.54. The fourth-order valence-electron chi connectivity index (χ4n) is 2.99. The first-order chi connectivity index (χ1) is 10.9. The number of benzene rings is 2. The van der Waals surface area contributed by atoms with Gasteiger partial charge in [-0.2, -0.15) is 0 Å². The molecule has 3 rings (SSSR count). The van der Waals surface area contributed by atoms with E-state index in [0.717, 1.165) is 26.2 Å². The zero-order valence-electron chi connectivity index (χ0n) is 13.1. The number of hydrogen-bond acceptors (Lipinski definition) is 2. The van der Waals surface area contributed by atoms with Crippen LogP contribution in [0, 0.1) is 0 Å². The van der Waals surface area contributed by atoms with E-state index in [0.29, 0.717) is 0 Å². The number of nitrogens with zero attached hydrogens (tertiary/aromatic N) is 2. The molecule has 0 unspecified atom stereocenters. The molecule has 3 nitrogen and oxygen atoms in total. The van der Waals surface area contributed by atoms with Gasteiger partial charge in [-0.05, 0) is 0 Å². The maximum Gasteiger partial charge on any atom is 0.235 e. The van der Waals surface area contributed by atoms with Crippen molar-refractivity contribution in [1.29, 1.82) is 0 Å². The van der Waals surface area contributed by atoms with E-state index in [1.54, 1.807) is 7.11 Å². The first-order valence-electron chi connectivity index (χ1n) is 7.82. The van der Waals surface area contributed by atoms with Gasteiger partial charge in [-0.25, -0.2) is 0 Å². The van der Waals surface area contributed by atoms with Gasteiger partial charge in [0.05, 0.1) is 6.61 Å². The molecule has 0 atom stereocenters. The third-order valence-electron chi connectivity index (χ3n) is 4.10. The van der Waals surface area contributed by atoms with Crippen molar-refractivity contribution < 1.29 is 9.31 Å². The predicted molar refractivity (Wildman–Crippen MR) is 89.4 cm³/mol. The first-order valence-corrected chi connectivity index (χ1v) is 7.82. The summed E-state index contributed by atoms with van der Waals surface area (Å²) < 4.78 is 7.52. The zero-order valence-corrected chi connectivity index (χ0v) is 13.1. The van der Waals surface area contributed by atoms with Gasteiger partial charge in [0, 0.05) is 18.2 Å². The molecule has 22 heavy (non-hydrogen) atoms. The minimum Gasteiger partial charge on any atom is -0.381 e. The Labute approximate surface area is 132 Å². The predicted octanol–water partition coefficient (Wildman–Crippen LogP) is 2.78. The van der Waals surface area contributed by atoms with Gasteiger partial charge in [0.2, 0.25) is 6.34 Å². The van der Waals surface area contributed by atoms with Crippen LogP contribution in [0.5, 0.6) is 0 Å². The standard InChI is InChI=1S/C19H23N2O/c1-22-15-14-20-12-13-21(16-20)19(17-8-4-2-5-9-17)18-10-6-3-7-11-18/h2-11,16,19H,12-15H2,1H3/q+1. The Morgan fingerprint density at radius 1 is 1.00 bits per heavy atom. The molecule has 0 aliphatic carbocycles. The van der Waals surface area contributed by atoms with E-state index < -0.39 is 0 Å². The Kier molecular flexibility index (Phi) is 4.86. The molecule has 1 aliphatic heterocycles. The maximum absolute atomic E-state index is 5.19. The molecule has 0 bridgehead atoms. The molecule has 0 aromatic heterocycles. The lowest BCUT2D eigenvalue weighted by atomic mass is 9.97. The summed E-state index contributed by atoms with van der Waals surface area (Å²) in [6.07, 6.45) is 2.25. The van der Waals surface area contributed by atoms with Gasteiger partial charge in [0.15, 0.2) is 0 Å². The first kappa shape index (κ1) is 14.8. The van der Waals surface area contributed by atoms with Crippen molar-refractivity contribution >= 4 is 6.34 Å². The van der Waals surface area contributed by atoms with E-state index in [4.69, 9.17) is 4.74 Å². The maximum atomic E-state index is 5.19. The average molecular weight is 295 g/mol. The van der Waals surface area contributed by atoms with Crippen molar-refractivity contribution in [2.45, 2.75) is 6.04 Å². The second-order valence-corrected chi connectivity index (χ2v) is 5.61. The van der Waals surface area contributed by atoms with Gasteiger partial charge in [-0.15, -0.1) is 0 Å². The summed E-state index contributed by atoms with van der Waals surface area (Å²) >= 11 is 0. The van der Waals surface area contributed by atoms with Gasteiger partial charge in [0.1, 0.15) is 25.7 Å². The van der Waals surface area contributed by atoms with Crippen LogP contribution in [0.15, 0.2) is 60.7 Å². The van der Waals surface area contributed by atoms with Gasteiger partial charge in [-0.3, -0.25) is 9.48 Å². The Bertz CT molecular complexity index is 570. The lowest BCUT2D eigenvalue weighted by Crippen LogP contribution is -2.26. The highest BCUT2D eigenvalue weighted by Gasteiger charge is 2.30. The van der Waals surface area contributed by atoms with Gasteiger partial charge in [-0.1, -0.05) is 60.7 Å². The second-order valence-electron chi connectivity index (χ2n) is 5.61. The minimum absolute atomic E-state index is 0.273. The molecule has 0 spiro atoms. The summed E-state index contributed by atoms with van der Waals surface area (Å²) in [6, 6.07) is 21.7. The van der Waals surface area contributed by atoms with E-state index in [2.05, 4.69) is 76.5 Å². The van der Waals surface area contributed by atoms with Crippen LogP contribution in [0.4, 0.5) is 0 Å². The van der Waals surface area contributed by atoms with Gasteiger partial charge >= 0.3 is 0 Å². The van der Waals surface area contributed by atoms with Crippen molar-refractivity contribution in [2.24, 2.45) is 0 Å². The summed E-state index contributed by atoms with van der Waals surface area (Å²) in [4.78, 5) is 2.43. The topological polar surface area (TPSA) is 15.5 Å². The van der Waals surface area contributed by atoms with Crippen LogP contribution in [0.25, 0.3) is 0 Å². The molecular formula is C19H23N2O+. The third-order valence-corrected chi connectivity index (χ3v) is 4.10. The Morgan fingerprint density at radius 3 is 2.14 bits per heavy atom. The summed E-state index contributed by atoms with van der Waals surface area (Å²) in [6.45, 7) is 3.81. The summed E-state index contributed by atoms with van der Waals surface area (Å²) in [7, 11) is 1.75. The van der Waals surface area contributed by atoms with Crippen molar-refractivity contribution in [3.05, 3.63) is 71.8 Å². The van der Waals surface area contributed by atoms with Crippen molar-refractivity contribution in [2.75, 3.05) is 33.4 Å². The van der Waals surface area contributed by atoms with Crippen LogP contribution >= 0.6 is 0 Å². The Balaban J connectivity index is 1.89. The number of rotatable bonds is 6. The molecule has 2 aromatic rings. The van der Waals surface area contributed by atoms with E-state index >= 15 is 0 Å². The highest BCUT2D eigenvalue weighted by atomic mass is 16.5. The zero-order chi connectivity index (χ0) is 15.2. The molecule has 3 heteroatoms. The summed E-state index contributed by atoms with van der Waals surface area (Å²) in [5.74, 6) is 0. The molecule has 0 fully saturated rings. The molecule has 0 saturated heterocycles. The largest absolute Gasteiger partial charge is 0.381 e. The Morgan fingerprint density at radius 2 is 1.59 bits per heavy atom. The van der Waals surface area contributed by atoms with Crippen LogP contribution in [0.1, 0.15) is 17.2 Å². The van der Waals surface area contributed by atoms with E-state index in [1.165, 1.54) is 11.1 Å². The normalized spacial score (nSPS) is 14.5. The van der Waals surface area contributed by atoms with Crippen LogP contribution in [0.2, 0.25) is 0 Å². The Hall–Kier alpha value is -2.13. The average Bonchev–Trinajstić information content (AvgIpc) is 3.04. The van der Waals surface area contributed by atoms with Crippen molar-refractivity contribution in [3.63, 3.8) is 0 Å². The molecule has 1 aliphatic rings. The molecule has 1 heterocycles. The lowest BCUT2D eigenvalue weighted by molar-refractivity contribution is -0.516. The van der Waals surface area contributed by atoms with Gasteiger partial charge in [0.25, 0.3) is 0 Å². The van der Waals surface area contributed by atoms with Crippen LogP contribution in [-0.2, 0) is 4.74 Å². The number of methoxy groups -OCH3 is 1. The van der Waals surface area contributed by atoms with Crippen LogP contribution in [-0.4, -0.2) is 49.2 Å². The fraction of sp³-hybridized carbons (Fsp3) is 0.316. The summed E-state index contributed by atoms with van der Waals surface area (Å²) in [5.41, 5.74) is 2.66. The minimum atomic E-state index is 0.273. The van der Waals surface area contributed by atoms with Crippen molar-refractivity contribution in [3.8, 4) is 0 Å². The van der Waals surface area contributed by atoms with E-state index in [9.17, 15) is 0 Å². The third kappa shape index (κ3) is 3.37. The molecule has 0 radical (unpaired) electrons. The van der Waals surface area contributed by atoms with Crippen LogP contribution < -0.4 is 0 Å². The van der Waals surface area contributed by atoms with E-state index in [-0.39, 0.29) is 6.04 Å². The van der Waals surface area contributed by atoms with Crippen molar-refractivity contribution in [1.82, 2.24) is 4.90 Å². The highest BCUT2D eigenvalue weighted by Crippen LogP contribution is 2.28. The van der Waals surface area contributed by atoms with E-state index in [1.807, 2.05) is 0 Å². The molecule has 0 saturated carbocycles. The lowest BCUT2D eigenvalue weighted by Gasteiger charge is -2.21. The van der Waals surface area contributed by atoms with Gasteiger partial charge < -0.3 is 4.74 Å². The second kappa shape index (κ2) is 7.23. The molecule has 0 N–H and O–H groups in total. The fourth-order valence-corrected chi connectivity index (χ4v) is 2.99. The molecule has 0 amide bonds. The quantitative estimate of drug-likeness (QED) is 0.762. The molecule has 114 valence electrons. The monoisotopic (exact) mass is 295 g/mol. The number of hydrogen-bond donors (Lipinski definition) is 0. The molecule has 2 aromatic carbocycles. The smallest absolute Gasteiger partial charge is 0.235 e. The van der Waals surface area contributed by atoms with Crippen LogP contribution in [0.3, 0.4) is 0 Å². The number of ether oxygens (including phenoxy) is 1. The molecular weight excluding hydrogens is 272 g/mol. The SMILES string of the molecule is COCC[N+]1=CN(C(c2ccccc2)c2ccccc2)CC1.